The number of hydrogen-bond acceptors (Lipinski definition) is 0. The number of rotatable bonds is 1. The van der Waals surface area contributed by atoms with Gasteiger partial charge in [0, 0.05) is 11.4 Å². The third kappa shape index (κ3) is 2.51. The van der Waals surface area contributed by atoms with Crippen LogP contribution in [0.2, 0.25) is 0 Å². The molecular formula is C13H19P. The molecule has 1 aliphatic rings. The Hall–Kier alpha value is -0.490. The van der Waals surface area contributed by atoms with E-state index in [4.69, 9.17) is 0 Å². The molecule has 0 aromatic rings. The minimum atomic E-state index is -0.219. The van der Waals surface area contributed by atoms with Crippen molar-refractivity contribution in [2.24, 2.45) is 0 Å². The van der Waals surface area contributed by atoms with E-state index in [1.54, 1.807) is 0 Å². The Bertz CT molecular complexity index is 341. The molecule has 1 heteroatoms. The summed E-state index contributed by atoms with van der Waals surface area (Å²) in [5.41, 5.74) is 9.11. The highest BCUT2D eigenvalue weighted by Crippen LogP contribution is 2.64. The Morgan fingerprint density at radius 2 is 1.50 bits per heavy atom. The van der Waals surface area contributed by atoms with Crippen molar-refractivity contribution in [3.63, 3.8) is 0 Å². The maximum Gasteiger partial charge on any atom is 0.0358 e. The second-order valence-electron chi connectivity index (χ2n) is 5.60. The van der Waals surface area contributed by atoms with E-state index in [2.05, 4.69) is 58.7 Å². The van der Waals surface area contributed by atoms with Crippen molar-refractivity contribution in [2.75, 3.05) is 0 Å². The molecule has 0 atom stereocenters. The zero-order chi connectivity index (χ0) is 11.0. The molecule has 0 aromatic carbocycles. The third-order valence-electron chi connectivity index (χ3n) is 2.05. The number of hydrogen-bond donors (Lipinski definition) is 0. The summed E-state index contributed by atoms with van der Waals surface area (Å²) in [6.45, 7) is 13.9. The minimum absolute atomic E-state index is 0.219. The van der Waals surface area contributed by atoms with Crippen molar-refractivity contribution in [3.05, 3.63) is 28.6 Å². The molecule has 0 nitrogen and oxygen atoms in total. The summed E-state index contributed by atoms with van der Waals surface area (Å²) in [5, 5.41) is 1.94. The summed E-state index contributed by atoms with van der Waals surface area (Å²) in [4.78, 5) is 0. The van der Waals surface area contributed by atoms with Crippen molar-refractivity contribution < 1.29 is 0 Å². The van der Waals surface area contributed by atoms with E-state index in [0.717, 1.165) is 0 Å². The third-order valence-corrected chi connectivity index (χ3v) is 5.46. The van der Waals surface area contributed by atoms with Gasteiger partial charge in [0.1, 0.15) is 0 Å². The first-order chi connectivity index (χ1) is 6.23. The highest BCUT2D eigenvalue weighted by atomic mass is 31.1. The predicted molar refractivity (Wildman–Crippen MR) is 65.0 cm³/mol. The van der Waals surface area contributed by atoms with Crippen LogP contribution in [0.15, 0.2) is 28.6 Å². The van der Waals surface area contributed by atoms with Gasteiger partial charge in [0.2, 0.25) is 0 Å². The monoisotopic (exact) mass is 206 g/mol. The van der Waals surface area contributed by atoms with Gasteiger partial charge in [-0.1, -0.05) is 60.9 Å². The molecule has 0 spiro atoms. The lowest BCUT2D eigenvalue weighted by Crippen LogP contribution is -2.25. The van der Waals surface area contributed by atoms with E-state index in [9.17, 15) is 0 Å². The Morgan fingerprint density at radius 3 is 1.79 bits per heavy atom. The molecule has 0 fully saturated rings. The smallest absolute Gasteiger partial charge is 0.0358 e. The molecule has 0 radical (unpaired) electrons. The molecule has 0 amide bonds. The van der Waals surface area contributed by atoms with E-state index in [1.807, 2.05) is 6.08 Å². The van der Waals surface area contributed by atoms with Crippen molar-refractivity contribution >= 4 is 7.92 Å². The summed E-state index contributed by atoms with van der Waals surface area (Å²) < 4.78 is 0. The standard InChI is InChI=1S/C13H19P/c1-12(2,3)14(13(4,5)6)11-9-7-8-10-11/h9H,1-6H3. The van der Waals surface area contributed by atoms with Crippen LogP contribution in [0.4, 0.5) is 0 Å². The summed E-state index contributed by atoms with van der Waals surface area (Å²) in [6, 6.07) is 0. The molecule has 0 aliphatic heterocycles. The lowest BCUT2D eigenvalue weighted by atomic mass is 10.2. The van der Waals surface area contributed by atoms with Crippen LogP contribution in [-0.4, -0.2) is 10.3 Å². The Balaban J connectivity index is 3.09. The van der Waals surface area contributed by atoms with Gasteiger partial charge in [-0.2, -0.15) is 0 Å². The molecule has 0 heterocycles. The van der Waals surface area contributed by atoms with Gasteiger partial charge in [-0.15, -0.1) is 0 Å². The van der Waals surface area contributed by atoms with E-state index in [0.29, 0.717) is 10.3 Å². The van der Waals surface area contributed by atoms with Crippen molar-refractivity contribution in [2.45, 2.75) is 51.9 Å². The van der Waals surface area contributed by atoms with Gasteiger partial charge in [-0.25, -0.2) is 0 Å². The Labute approximate surface area is 88.9 Å². The van der Waals surface area contributed by atoms with Crippen molar-refractivity contribution in [1.82, 2.24) is 0 Å². The van der Waals surface area contributed by atoms with Gasteiger partial charge < -0.3 is 0 Å². The van der Waals surface area contributed by atoms with Crippen LogP contribution in [0.5, 0.6) is 0 Å². The van der Waals surface area contributed by atoms with E-state index >= 15 is 0 Å². The summed E-state index contributed by atoms with van der Waals surface area (Å²) in [6.07, 6.45) is 2.04. The Kier molecular flexibility index (Phi) is 2.96. The van der Waals surface area contributed by atoms with E-state index < -0.39 is 0 Å². The van der Waals surface area contributed by atoms with Gasteiger partial charge in [-0.3, -0.25) is 0 Å². The molecule has 14 heavy (non-hydrogen) atoms. The first-order valence-corrected chi connectivity index (χ1v) is 6.34. The topological polar surface area (TPSA) is 0 Å². The second kappa shape index (κ2) is 3.58. The van der Waals surface area contributed by atoms with Crippen molar-refractivity contribution in [3.8, 4) is 0 Å². The molecule has 0 bridgehead atoms. The van der Waals surface area contributed by atoms with Crippen LogP contribution < -0.4 is 0 Å². The quantitative estimate of drug-likeness (QED) is 0.440. The fourth-order valence-corrected chi connectivity index (χ4v) is 5.91. The SMILES string of the molecule is CC(C)(C)P(C1=C=C=C=C1)C(C)(C)C. The normalized spacial score (nSPS) is 15.5. The number of allylic oxidation sites excluding steroid dienone is 2. The molecule has 0 N–H and O–H groups in total. The van der Waals surface area contributed by atoms with Gasteiger partial charge in [-0.05, 0) is 16.0 Å². The molecule has 0 saturated carbocycles. The predicted octanol–water partition coefficient (Wildman–Crippen LogP) is 4.43. The highest BCUT2D eigenvalue weighted by molar-refractivity contribution is 7.65. The van der Waals surface area contributed by atoms with Gasteiger partial charge in [0.05, 0.1) is 0 Å². The molecule has 1 aliphatic carbocycles. The molecule has 1 rings (SSSR count). The van der Waals surface area contributed by atoms with Crippen LogP contribution >= 0.6 is 7.92 Å². The maximum absolute atomic E-state index is 3.20. The van der Waals surface area contributed by atoms with Gasteiger partial charge >= 0.3 is 0 Å². The average Bonchev–Trinajstić information content (AvgIpc) is 2.31. The Morgan fingerprint density at radius 1 is 1.00 bits per heavy atom. The summed E-state index contributed by atoms with van der Waals surface area (Å²) in [7, 11) is -0.219. The lowest BCUT2D eigenvalue weighted by molar-refractivity contribution is 0.712. The van der Waals surface area contributed by atoms with Gasteiger partial charge in [0.25, 0.3) is 0 Å². The van der Waals surface area contributed by atoms with E-state index in [-0.39, 0.29) is 7.92 Å². The first kappa shape index (κ1) is 11.6. The van der Waals surface area contributed by atoms with Crippen LogP contribution in [0, 0.1) is 0 Å². The zero-order valence-corrected chi connectivity index (χ0v) is 10.9. The molecule has 0 aromatic heterocycles. The molecule has 0 saturated heterocycles. The minimum Gasteiger partial charge on any atom is -0.0601 e. The fourth-order valence-electron chi connectivity index (χ4n) is 2.09. The maximum atomic E-state index is 3.20. The summed E-state index contributed by atoms with van der Waals surface area (Å²) in [5.74, 6) is 0. The average molecular weight is 206 g/mol. The van der Waals surface area contributed by atoms with Crippen molar-refractivity contribution in [1.29, 1.82) is 0 Å². The van der Waals surface area contributed by atoms with Crippen LogP contribution in [0.3, 0.4) is 0 Å². The first-order valence-electron chi connectivity index (χ1n) is 5.00. The van der Waals surface area contributed by atoms with Crippen LogP contribution in [-0.2, 0) is 0 Å². The fraction of sp³-hybridized carbons (Fsp3) is 0.615. The molecule has 76 valence electrons. The van der Waals surface area contributed by atoms with Crippen LogP contribution in [0.25, 0.3) is 0 Å². The van der Waals surface area contributed by atoms with Gasteiger partial charge in [0.15, 0.2) is 0 Å². The van der Waals surface area contributed by atoms with E-state index in [1.165, 1.54) is 5.31 Å². The zero-order valence-electron chi connectivity index (χ0n) is 10.0. The molecule has 0 unspecified atom stereocenters. The van der Waals surface area contributed by atoms with Crippen LogP contribution in [0.1, 0.15) is 41.5 Å². The highest BCUT2D eigenvalue weighted by Gasteiger charge is 2.36. The largest absolute Gasteiger partial charge is 0.0601 e. The lowest BCUT2D eigenvalue weighted by Gasteiger charge is -2.41. The molecular weight excluding hydrogens is 187 g/mol. The summed E-state index contributed by atoms with van der Waals surface area (Å²) >= 11 is 0. The second-order valence-corrected chi connectivity index (χ2v) is 9.44.